The first-order chi connectivity index (χ1) is 8.42. The molecule has 0 radical (unpaired) electrons. The number of anilines is 1. The molecule has 17 heavy (non-hydrogen) atoms. The fourth-order valence-corrected chi connectivity index (χ4v) is 3.00. The molecule has 1 N–H and O–H groups in total. The molecule has 1 saturated heterocycles. The van der Waals surface area contributed by atoms with Crippen LogP contribution in [0.25, 0.3) is 10.2 Å². The van der Waals surface area contributed by atoms with Crippen LogP contribution < -0.4 is 5.32 Å². The van der Waals surface area contributed by atoms with E-state index in [-0.39, 0.29) is 0 Å². The van der Waals surface area contributed by atoms with E-state index < -0.39 is 0 Å². The van der Waals surface area contributed by atoms with Gasteiger partial charge in [0.25, 0.3) is 0 Å². The summed E-state index contributed by atoms with van der Waals surface area (Å²) in [4.78, 5) is 4.57. The molecule has 0 aliphatic carbocycles. The number of nitrogens with one attached hydrogen (secondary N) is 1. The molecule has 1 aromatic heterocycles. The van der Waals surface area contributed by atoms with Crippen LogP contribution in [0, 0.1) is 5.92 Å². The molecule has 0 spiro atoms. The molecule has 4 heteroatoms. The van der Waals surface area contributed by atoms with Crippen molar-refractivity contribution < 1.29 is 4.74 Å². The largest absolute Gasteiger partial charge is 0.381 e. The van der Waals surface area contributed by atoms with E-state index in [1.807, 2.05) is 6.07 Å². The van der Waals surface area contributed by atoms with Gasteiger partial charge < -0.3 is 10.1 Å². The number of hydrogen-bond acceptors (Lipinski definition) is 4. The highest BCUT2D eigenvalue weighted by Crippen LogP contribution is 2.26. The Morgan fingerprint density at radius 2 is 2.12 bits per heavy atom. The van der Waals surface area contributed by atoms with Crippen molar-refractivity contribution in [2.75, 3.05) is 25.1 Å². The van der Waals surface area contributed by atoms with Crippen LogP contribution in [0.5, 0.6) is 0 Å². The average Bonchev–Trinajstić information content (AvgIpc) is 2.80. The van der Waals surface area contributed by atoms with Gasteiger partial charge in [-0.25, -0.2) is 4.98 Å². The van der Waals surface area contributed by atoms with Crippen LogP contribution in [-0.4, -0.2) is 24.7 Å². The minimum Gasteiger partial charge on any atom is -0.381 e. The van der Waals surface area contributed by atoms with E-state index in [1.165, 1.54) is 4.70 Å². The second-order valence-corrected chi connectivity index (χ2v) is 5.45. The van der Waals surface area contributed by atoms with Crippen molar-refractivity contribution >= 4 is 26.7 Å². The molecule has 0 atom stereocenters. The van der Waals surface area contributed by atoms with Crippen molar-refractivity contribution in [3.05, 3.63) is 24.3 Å². The Morgan fingerprint density at radius 3 is 2.94 bits per heavy atom. The second-order valence-electron chi connectivity index (χ2n) is 4.42. The van der Waals surface area contributed by atoms with Crippen LogP contribution in [-0.2, 0) is 4.74 Å². The van der Waals surface area contributed by atoms with E-state index in [0.29, 0.717) is 0 Å². The summed E-state index contributed by atoms with van der Waals surface area (Å²) in [5.74, 6) is 0.732. The summed E-state index contributed by atoms with van der Waals surface area (Å²) in [5, 5.41) is 4.50. The molecule has 3 nitrogen and oxygen atoms in total. The zero-order valence-electron chi connectivity index (χ0n) is 9.69. The standard InChI is InChI=1S/C13H16N2OS/c1-2-4-12-11(3-1)15-13(17-12)14-9-10-5-7-16-8-6-10/h1-4,10H,5-9H2,(H,14,15). The second kappa shape index (κ2) is 5.02. The highest BCUT2D eigenvalue weighted by molar-refractivity contribution is 7.22. The van der Waals surface area contributed by atoms with Gasteiger partial charge in [-0.2, -0.15) is 0 Å². The lowest BCUT2D eigenvalue weighted by molar-refractivity contribution is 0.0699. The summed E-state index contributed by atoms with van der Waals surface area (Å²) >= 11 is 1.73. The number of benzene rings is 1. The predicted molar refractivity (Wildman–Crippen MR) is 71.7 cm³/mol. The Hall–Kier alpha value is -1.13. The molecular weight excluding hydrogens is 232 g/mol. The number of nitrogens with zero attached hydrogens (tertiary/aromatic N) is 1. The smallest absolute Gasteiger partial charge is 0.183 e. The zero-order valence-corrected chi connectivity index (χ0v) is 10.5. The summed E-state index contributed by atoms with van der Waals surface area (Å²) < 4.78 is 6.61. The molecule has 0 saturated carbocycles. The van der Waals surface area contributed by atoms with E-state index in [1.54, 1.807) is 11.3 Å². The highest BCUT2D eigenvalue weighted by atomic mass is 32.1. The lowest BCUT2D eigenvalue weighted by Gasteiger charge is -2.21. The van der Waals surface area contributed by atoms with Gasteiger partial charge >= 0.3 is 0 Å². The molecule has 3 rings (SSSR count). The highest BCUT2D eigenvalue weighted by Gasteiger charge is 2.14. The van der Waals surface area contributed by atoms with Gasteiger partial charge in [0.05, 0.1) is 10.2 Å². The number of fused-ring (bicyclic) bond motifs is 1. The maximum Gasteiger partial charge on any atom is 0.183 e. The van der Waals surface area contributed by atoms with E-state index in [9.17, 15) is 0 Å². The number of para-hydroxylation sites is 1. The van der Waals surface area contributed by atoms with Crippen molar-refractivity contribution in [2.45, 2.75) is 12.8 Å². The van der Waals surface area contributed by atoms with Crippen LogP contribution in [0.2, 0.25) is 0 Å². The minimum atomic E-state index is 0.732. The number of rotatable bonds is 3. The van der Waals surface area contributed by atoms with Crippen molar-refractivity contribution in [1.82, 2.24) is 4.98 Å². The van der Waals surface area contributed by atoms with Crippen molar-refractivity contribution in [1.29, 1.82) is 0 Å². The number of thiazole rings is 1. The van der Waals surface area contributed by atoms with Gasteiger partial charge in [0.15, 0.2) is 5.13 Å². The quantitative estimate of drug-likeness (QED) is 0.906. The number of ether oxygens (including phenoxy) is 1. The van der Waals surface area contributed by atoms with Gasteiger partial charge in [0.1, 0.15) is 0 Å². The summed E-state index contributed by atoms with van der Waals surface area (Å²) in [6.07, 6.45) is 2.33. The molecule has 2 heterocycles. The van der Waals surface area contributed by atoms with Gasteiger partial charge in [0, 0.05) is 19.8 Å². The third kappa shape index (κ3) is 2.58. The lowest BCUT2D eigenvalue weighted by atomic mass is 10.0. The molecular formula is C13H16N2OS. The monoisotopic (exact) mass is 248 g/mol. The maximum atomic E-state index is 5.36. The summed E-state index contributed by atoms with van der Waals surface area (Å²) in [6.45, 7) is 2.83. The lowest BCUT2D eigenvalue weighted by Crippen LogP contribution is -2.22. The maximum absolute atomic E-state index is 5.36. The Labute approximate surface area is 105 Å². The van der Waals surface area contributed by atoms with Gasteiger partial charge in [-0.05, 0) is 30.9 Å². The molecule has 1 aromatic carbocycles. The van der Waals surface area contributed by atoms with Crippen LogP contribution in [0.1, 0.15) is 12.8 Å². The first-order valence-corrected chi connectivity index (χ1v) is 6.90. The normalized spacial score (nSPS) is 17.4. The zero-order chi connectivity index (χ0) is 11.5. The van der Waals surface area contributed by atoms with E-state index >= 15 is 0 Å². The molecule has 90 valence electrons. The first-order valence-electron chi connectivity index (χ1n) is 6.09. The molecule has 1 aliphatic rings. The van der Waals surface area contributed by atoms with E-state index in [2.05, 4.69) is 28.5 Å². The third-order valence-electron chi connectivity index (χ3n) is 3.18. The van der Waals surface area contributed by atoms with Gasteiger partial charge in [-0.3, -0.25) is 0 Å². The SMILES string of the molecule is c1ccc2sc(NCC3CCOCC3)nc2c1. The van der Waals surface area contributed by atoms with E-state index in [0.717, 1.165) is 49.2 Å². The molecule has 0 unspecified atom stereocenters. The molecule has 2 aromatic rings. The van der Waals surface area contributed by atoms with Gasteiger partial charge in [0.2, 0.25) is 0 Å². The van der Waals surface area contributed by atoms with Gasteiger partial charge in [-0.15, -0.1) is 0 Å². The van der Waals surface area contributed by atoms with Crippen LogP contribution in [0.15, 0.2) is 24.3 Å². The summed E-state index contributed by atoms with van der Waals surface area (Å²) in [5.41, 5.74) is 1.09. The van der Waals surface area contributed by atoms with Crippen molar-refractivity contribution in [3.63, 3.8) is 0 Å². The molecule has 0 amide bonds. The van der Waals surface area contributed by atoms with Gasteiger partial charge in [-0.1, -0.05) is 23.5 Å². The number of aromatic nitrogens is 1. The summed E-state index contributed by atoms with van der Waals surface area (Å²) in [6, 6.07) is 8.27. The molecule has 1 fully saturated rings. The van der Waals surface area contributed by atoms with Crippen molar-refractivity contribution in [2.24, 2.45) is 5.92 Å². The fourth-order valence-electron chi connectivity index (χ4n) is 2.13. The van der Waals surface area contributed by atoms with Crippen LogP contribution in [0.4, 0.5) is 5.13 Å². The Balaban J connectivity index is 1.64. The third-order valence-corrected chi connectivity index (χ3v) is 4.17. The number of hydrogen-bond donors (Lipinski definition) is 1. The molecule has 1 aliphatic heterocycles. The minimum absolute atomic E-state index is 0.732. The Kier molecular flexibility index (Phi) is 3.25. The Morgan fingerprint density at radius 1 is 1.29 bits per heavy atom. The first kappa shape index (κ1) is 11.0. The van der Waals surface area contributed by atoms with E-state index in [4.69, 9.17) is 4.74 Å². The topological polar surface area (TPSA) is 34.1 Å². The van der Waals surface area contributed by atoms with Crippen molar-refractivity contribution in [3.8, 4) is 0 Å². The predicted octanol–water partition coefficient (Wildman–Crippen LogP) is 3.13. The van der Waals surface area contributed by atoms with Crippen LogP contribution in [0.3, 0.4) is 0 Å². The summed E-state index contributed by atoms with van der Waals surface area (Å²) in [7, 11) is 0. The molecule has 0 bridgehead atoms. The fraction of sp³-hybridized carbons (Fsp3) is 0.462. The average molecular weight is 248 g/mol. The van der Waals surface area contributed by atoms with Crippen LogP contribution >= 0.6 is 11.3 Å². The Bertz CT molecular complexity index is 458.